The summed E-state index contributed by atoms with van der Waals surface area (Å²) < 4.78 is 5.16. The van der Waals surface area contributed by atoms with Crippen LogP contribution < -0.4 is 5.73 Å². The van der Waals surface area contributed by atoms with Crippen LogP contribution in [-0.2, 0) is 4.74 Å². The molecule has 50 valence electrons. The molecular weight excluding hydrogens is 116 g/mol. The van der Waals surface area contributed by atoms with Gasteiger partial charge in [-0.15, -0.1) is 0 Å². The van der Waals surface area contributed by atoms with E-state index < -0.39 is 0 Å². The minimum atomic E-state index is 0.102. The van der Waals surface area contributed by atoms with Gasteiger partial charge in [-0.25, -0.2) is 0 Å². The van der Waals surface area contributed by atoms with Gasteiger partial charge in [0.05, 0.1) is 25.2 Å². The van der Waals surface area contributed by atoms with E-state index in [2.05, 4.69) is 0 Å². The number of ether oxygens (including phenoxy) is 1. The van der Waals surface area contributed by atoms with E-state index in [1.807, 2.05) is 6.07 Å². The molecule has 3 heteroatoms. The van der Waals surface area contributed by atoms with Gasteiger partial charge in [-0.2, -0.15) is 5.26 Å². The van der Waals surface area contributed by atoms with E-state index in [1.54, 1.807) is 0 Å². The Morgan fingerprint density at radius 1 is 1.78 bits per heavy atom. The van der Waals surface area contributed by atoms with Crippen molar-refractivity contribution in [3.05, 3.63) is 0 Å². The maximum atomic E-state index is 8.24. The highest BCUT2D eigenvalue weighted by Crippen LogP contribution is 2.13. The molecule has 0 spiro atoms. The summed E-state index contributed by atoms with van der Waals surface area (Å²) in [5.74, 6) is 0. The Morgan fingerprint density at radius 3 is 3.00 bits per heavy atom. The van der Waals surface area contributed by atoms with Crippen molar-refractivity contribution in [1.29, 1.82) is 5.26 Å². The third-order valence-corrected chi connectivity index (χ3v) is 1.43. The van der Waals surface area contributed by atoms with Crippen LogP contribution in [0.25, 0.3) is 0 Å². The molecule has 3 nitrogen and oxygen atoms in total. The highest BCUT2D eigenvalue weighted by atomic mass is 16.5. The molecule has 0 aromatic heterocycles. The average molecular weight is 126 g/mol. The number of hydrogen-bond acceptors (Lipinski definition) is 3. The molecule has 0 bridgehead atoms. The van der Waals surface area contributed by atoms with Crippen molar-refractivity contribution in [3.8, 4) is 6.07 Å². The first-order valence-corrected chi connectivity index (χ1v) is 3.07. The molecule has 2 atom stereocenters. The fourth-order valence-electron chi connectivity index (χ4n) is 0.978. The van der Waals surface area contributed by atoms with Crippen LogP contribution >= 0.6 is 0 Å². The smallest absolute Gasteiger partial charge is 0.0721 e. The van der Waals surface area contributed by atoms with E-state index in [0.717, 1.165) is 6.42 Å². The summed E-state index contributed by atoms with van der Waals surface area (Å²) in [5.41, 5.74) is 5.52. The van der Waals surface area contributed by atoms with Gasteiger partial charge in [0, 0.05) is 6.04 Å². The SMILES string of the molecule is N#CC[C@@H]1C[C@H](N)CO1. The lowest BCUT2D eigenvalue weighted by atomic mass is 10.1. The Labute approximate surface area is 54.4 Å². The van der Waals surface area contributed by atoms with E-state index in [1.165, 1.54) is 0 Å². The predicted octanol–water partition coefficient (Wildman–Crippen LogP) is 0.0163. The topological polar surface area (TPSA) is 59.0 Å². The maximum Gasteiger partial charge on any atom is 0.0721 e. The first kappa shape index (κ1) is 6.53. The van der Waals surface area contributed by atoms with Crippen LogP contribution in [0.5, 0.6) is 0 Å². The van der Waals surface area contributed by atoms with E-state index in [-0.39, 0.29) is 12.1 Å². The van der Waals surface area contributed by atoms with Crippen LogP contribution in [0, 0.1) is 11.3 Å². The summed E-state index contributed by atoms with van der Waals surface area (Å²) in [5, 5.41) is 8.24. The van der Waals surface area contributed by atoms with Crippen molar-refractivity contribution in [1.82, 2.24) is 0 Å². The Kier molecular flexibility index (Phi) is 2.04. The molecule has 0 radical (unpaired) electrons. The van der Waals surface area contributed by atoms with Crippen LogP contribution in [0.3, 0.4) is 0 Å². The van der Waals surface area contributed by atoms with Gasteiger partial charge in [0.1, 0.15) is 0 Å². The van der Waals surface area contributed by atoms with Gasteiger partial charge >= 0.3 is 0 Å². The highest BCUT2D eigenvalue weighted by Gasteiger charge is 2.21. The Morgan fingerprint density at radius 2 is 2.56 bits per heavy atom. The molecule has 1 fully saturated rings. The zero-order valence-corrected chi connectivity index (χ0v) is 5.21. The molecular formula is C6H10N2O. The first-order chi connectivity index (χ1) is 4.33. The van der Waals surface area contributed by atoms with Gasteiger partial charge in [0.15, 0.2) is 0 Å². The largest absolute Gasteiger partial charge is 0.375 e. The van der Waals surface area contributed by atoms with Crippen LogP contribution in [-0.4, -0.2) is 18.8 Å². The highest BCUT2D eigenvalue weighted by molar-refractivity contribution is 4.83. The monoisotopic (exact) mass is 126 g/mol. The fraction of sp³-hybridized carbons (Fsp3) is 0.833. The molecule has 1 rings (SSSR count). The van der Waals surface area contributed by atoms with Gasteiger partial charge < -0.3 is 10.5 Å². The molecule has 2 N–H and O–H groups in total. The van der Waals surface area contributed by atoms with Gasteiger partial charge in [-0.3, -0.25) is 0 Å². The summed E-state index contributed by atoms with van der Waals surface area (Å²) >= 11 is 0. The Bertz CT molecular complexity index is 130. The van der Waals surface area contributed by atoms with Gasteiger partial charge in [0.2, 0.25) is 0 Å². The molecule has 1 aliphatic heterocycles. The second-order valence-corrected chi connectivity index (χ2v) is 2.31. The number of nitrogens with two attached hydrogens (primary N) is 1. The van der Waals surface area contributed by atoms with Crippen LogP contribution in [0.1, 0.15) is 12.8 Å². The van der Waals surface area contributed by atoms with Crippen molar-refractivity contribution >= 4 is 0 Å². The molecule has 9 heavy (non-hydrogen) atoms. The van der Waals surface area contributed by atoms with Crippen molar-refractivity contribution in [2.75, 3.05) is 6.61 Å². The second-order valence-electron chi connectivity index (χ2n) is 2.31. The lowest BCUT2D eigenvalue weighted by Crippen LogP contribution is -2.19. The van der Waals surface area contributed by atoms with E-state index >= 15 is 0 Å². The third kappa shape index (κ3) is 1.67. The number of hydrogen-bond donors (Lipinski definition) is 1. The minimum Gasteiger partial charge on any atom is -0.375 e. The molecule has 0 saturated carbocycles. The normalized spacial score (nSPS) is 34.2. The van der Waals surface area contributed by atoms with Crippen LogP contribution in [0.2, 0.25) is 0 Å². The summed E-state index contributed by atoms with van der Waals surface area (Å²) in [7, 11) is 0. The molecule has 1 saturated heterocycles. The van der Waals surface area contributed by atoms with E-state index in [9.17, 15) is 0 Å². The summed E-state index contributed by atoms with van der Waals surface area (Å²) in [6.45, 7) is 0.617. The van der Waals surface area contributed by atoms with Crippen molar-refractivity contribution < 1.29 is 4.74 Å². The standard InChI is InChI=1S/C6H10N2O/c7-2-1-6-3-5(8)4-9-6/h5-6H,1,3-4,8H2/t5-,6+/m0/s1. The Balaban J connectivity index is 2.24. The Hall–Kier alpha value is -0.590. The zero-order valence-electron chi connectivity index (χ0n) is 5.21. The van der Waals surface area contributed by atoms with Crippen molar-refractivity contribution in [2.45, 2.75) is 25.0 Å². The molecule has 0 unspecified atom stereocenters. The molecule has 0 aliphatic carbocycles. The molecule has 0 amide bonds. The van der Waals surface area contributed by atoms with Crippen molar-refractivity contribution in [2.24, 2.45) is 5.73 Å². The van der Waals surface area contributed by atoms with Crippen LogP contribution in [0.4, 0.5) is 0 Å². The lowest BCUT2D eigenvalue weighted by Gasteiger charge is -1.99. The third-order valence-electron chi connectivity index (χ3n) is 1.43. The van der Waals surface area contributed by atoms with Gasteiger partial charge in [0.25, 0.3) is 0 Å². The number of nitrogens with zero attached hydrogens (tertiary/aromatic N) is 1. The summed E-state index contributed by atoms with van der Waals surface area (Å²) in [6, 6.07) is 2.21. The number of nitriles is 1. The van der Waals surface area contributed by atoms with Gasteiger partial charge in [-0.1, -0.05) is 0 Å². The molecule has 0 aromatic rings. The fourth-order valence-corrected chi connectivity index (χ4v) is 0.978. The number of rotatable bonds is 1. The van der Waals surface area contributed by atoms with E-state index in [4.69, 9.17) is 15.7 Å². The maximum absolute atomic E-state index is 8.24. The van der Waals surface area contributed by atoms with Crippen molar-refractivity contribution in [3.63, 3.8) is 0 Å². The van der Waals surface area contributed by atoms with E-state index in [0.29, 0.717) is 13.0 Å². The minimum absolute atomic E-state index is 0.102. The zero-order chi connectivity index (χ0) is 6.69. The quantitative estimate of drug-likeness (QED) is 0.538. The predicted molar refractivity (Wildman–Crippen MR) is 32.6 cm³/mol. The molecule has 1 aliphatic rings. The second kappa shape index (κ2) is 2.81. The van der Waals surface area contributed by atoms with Crippen LogP contribution in [0.15, 0.2) is 0 Å². The average Bonchev–Trinajstić information content (AvgIpc) is 2.17. The summed E-state index contributed by atoms with van der Waals surface area (Å²) in [6.07, 6.45) is 1.42. The molecule has 0 aromatic carbocycles. The first-order valence-electron chi connectivity index (χ1n) is 3.07. The summed E-state index contributed by atoms with van der Waals surface area (Å²) in [4.78, 5) is 0. The lowest BCUT2D eigenvalue weighted by molar-refractivity contribution is 0.113. The van der Waals surface area contributed by atoms with Gasteiger partial charge in [-0.05, 0) is 6.42 Å². The molecule has 1 heterocycles.